The molecule has 0 heterocycles. The van der Waals surface area contributed by atoms with Crippen molar-refractivity contribution in [2.75, 3.05) is 11.6 Å². The van der Waals surface area contributed by atoms with Gasteiger partial charge < -0.3 is 10.1 Å². The maximum Gasteiger partial charge on any atom is 0.387 e. The molecule has 8 heteroatoms. The Morgan fingerprint density at radius 3 is 2.48 bits per heavy atom. The molecule has 0 spiro atoms. The summed E-state index contributed by atoms with van der Waals surface area (Å²) in [6, 6.07) is 9.64. The van der Waals surface area contributed by atoms with E-state index in [1.807, 2.05) is 0 Å². The zero-order valence-electron chi connectivity index (χ0n) is 12.1. The standard InChI is InChI=1S/C15H14F3NO3S/c1-23(20,21)14-8-3-2-6-12(14)19-9-10-11(16)5-4-7-13(10)22-15(17)18/h2-8,15,19H,9H2,1H3. The molecule has 0 aliphatic rings. The van der Waals surface area contributed by atoms with Crippen LogP contribution in [0.2, 0.25) is 0 Å². The molecule has 0 fully saturated rings. The summed E-state index contributed by atoms with van der Waals surface area (Å²) < 4.78 is 66.3. The minimum Gasteiger partial charge on any atom is -0.434 e. The number of ether oxygens (including phenoxy) is 1. The van der Waals surface area contributed by atoms with Crippen molar-refractivity contribution in [1.82, 2.24) is 0 Å². The van der Waals surface area contributed by atoms with E-state index >= 15 is 0 Å². The molecule has 0 atom stereocenters. The van der Waals surface area contributed by atoms with Gasteiger partial charge in [-0.05, 0) is 24.3 Å². The van der Waals surface area contributed by atoms with Crippen molar-refractivity contribution in [1.29, 1.82) is 0 Å². The summed E-state index contributed by atoms with van der Waals surface area (Å²) in [5, 5.41) is 2.75. The zero-order chi connectivity index (χ0) is 17.0. The molecule has 2 aromatic carbocycles. The number of para-hydroxylation sites is 1. The molecule has 0 aliphatic heterocycles. The second-order valence-corrected chi connectivity index (χ2v) is 6.70. The first kappa shape index (κ1) is 17.1. The van der Waals surface area contributed by atoms with E-state index in [1.165, 1.54) is 24.3 Å². The molecule has 0 saturated heterocycles. The predicted molar refractivity (Wildman–Crippen MR) is 79.9 cm³/mol. The van der Waals surface area contributed by atoms with E-state index in [0.717, 1.165) is 12.3 Å². The van der Waals surface area contributed by atoms with E-state index in [9.17, 15) is 21.6 Å². The van der Waals surface area contributed by atoms with Gasteiger partial charge in [-0.25, -0.2) is 12.8 Å². The van der Waals surface area contributed by atoms with Crippen molar-refractivity contribution in [2.45, 2.75) is 18.1 Å². The average molecular weight is 345 g/mol. The summed E-state index contributed by atoms with van der Waals surface area (Å²) in [5.74, 6) is -1.03. The minimum atomic E-state index is -3.48. The molecule has 0 aromatic heterocycles. The molecule has 2 aromatic rings. The average Bonchev–Trinajstić information content (AvgIpc) is 2.45. The number of hydrogen-bond acceptors (Lipinski definition) is 4. The Hall–Kier alpha value is -2.22. The van der Waals surface area contributed by atoms with Gasteiger partial charge >= 0.3 is 6.61 Å². The number of halogens is 3. The number of sulfone groups is 1. The van der Waals surface area contributed by atoms with Gasteiger partial charge in [-0.15, -0.1) is 0 Å². The summed E-state index contributed by atoms with van der Waals surface area (Å²) in [6.45, 7) is -3.29. The van der Waals surface area contributed by atoms with Crippen LogP contribution in [-0.4, -0.2) is 21.3 Å². The number of alkyl halides is 2. The molecular weight excluding hydrogens is 331 g/mol. The van der Waals surface area contributed by atoms with Crippen LogP contribution in [-0.2, 0) is 16.4 Å². The highest BCUT2D eigenvalue weighted by molar-refractivity contribution is 7.90. The number of benzene rings is 2. The summed E-state index contributed by atoms with van der Waals surface area (Å²) in [5.41, 5.74) is 0.136. The summed E-state index contributed by atoms with van der Waals surface area (Å²) >= 11 is 0. The van der Waals surface area contributed by atoms with Gasteiger partial charge in [-0.2, -0.15) is 8.78 Å². The van der Waals surface area contributed by atoms with Gasteiger partial charge in [0, 0.05) is 18.4 Å². The smallest absolute Gasteiger partial charge is 0.387 e. The van der Waals surface area contributed by atoms with Gasteiger partial charge in [0.15, 0.2) is 9.84 Å². The molecule has 0 unspecified atom stereocenters. The molecule has 0 aliphatic carbocycles. The van der Waals surface area contributed by atoms with E-state index in [1.54, 1.807) is 12.1 Å². The normalized spacial score (nSPS) is 11.5. The van der Waals surface area contributed by atoms with Crippen LogP contribution in [0.1, 0.15) is 5.56 Å². The van der Waals surface area contributed by atoms with Crippen molar-refractivity contribution >= 4 is 15.5 Å². The third-order valence-corrected chi connectivity index (χ3v) is 4.19. The van der Waals surface area contributed by atoms with Crippen molar-refractivity contribution in [3.63, 3.8) is 0 Å². The lowest BCUT2D eigenvalue weighted by Gasteiger charge is -2.14. The first-order chi connectivity index (χ1) is 10.8. The molecule has 2 rings (SSSR count). The molecule has 4 nitrogen and oxygen atoms in total. The number of anilines is 1. The maximum absolute atomic E-state index is 13.9. The Bertz CT molecular complexity index is 794. The van der Waals surface area contributed by atoms with E-state index in [2.05, 4.69) is 10.1 Å². The van der Waals surface area contributed by atoms with Gasteiger partial charge in [-0.1, -0.05) is 18.2 Å². The fraction of sp³-hybridized carbons (Fsp3) is 0.200. The first-order valence-corrected chi connectivity index (χ1v) is 8.43. The van der Waals surface area contributed by atoms with Crippen molar-refractivity contribution in [3.8, 4) is 5.75 Å². The van der Waals surface area contributed by atoms with E-state index in [-0.39, 0.29) is 28.4 Å². The molecule has 0 radical (unpaired) electrons. The van der Waals surface area contributed by atoms with Crippen LogP contribution < -0.4 is 10.1 Å². The minimum absolute atomic E-state index is 0.0349. The number of hydrogen-bond donors (Lipinski definition) is 1. The van der Waals surface area contributed by atoms with Gasteiger partial charge in [0.05, 0.1) is 10.6 Å². The summed E-state index contributed by atoms with van der Waals surface area (Å²) in [7, 11) is -3.48. The van der Waals surface area contributed by atoms with E-state index in [4.69, 9.17) is 0 Å². The zero-order valence-corrected chi connectivity index (χ0v) is 12.9. The van der Waals surface area contributed by atoms with Crippen LogP contribution in [0.4, 0.5) is 18.9 Å². The lowest BCUT2D eigenvalue weighted by Crippen LogP contribution is -2.10. The first-order valence-electron chi connectivity index (χ1n) is 6.54. The summed E-state index contributed by atoms with van der Waals surface area (Å²) in [6.07, 6.45) is 1.04. The van der Waals surface area contributed by atoms with Crippen LogP contribution in [0, 0.1) is 5.82 Å². The second-order valence-electron chi connectivity index (χ2n) is 4.72. The molecule has 124 valence electrons. The summed E-state index contributed by atoms with van der Waals surface area (Å²) in [4.78, 5) is 0.0349. The SMILES string of the molecule is CS(=O)(=O)c1ccccc1NCc1c(F)cccc1OC(F)F. The van der Waals surface area contributed by atoms with Gasteiger partial charge in [0.25, 0.3) is 0 Å². The Morgan fingerprint density at radius 2 is 1.83 bits per heavy atom. The fourth-order valence-electron chi connectivity index (χ4n) is 2.04. The highest BCUT2D eigenvalue weighted by atomic mass is 32.2. The lowest BCUT2D eigenvalue weighted by atomic mass is 10.2. The highest BCUT2D eigenvalue weighted by Gasteiger charge is 2.16. The molecule has 0 amide bonds. The van der Waals surface area contributed by atoms with Crippen molar-refractivity contribution in [2.24, 2.45) is 0 Å². The third kappa shape index (κ3) is 4.38. The van der Waals surface area contributed by atoms with Crippen LogP contribution in [0.5, 0.6) is 5.75 Å². The van der Waals surface area contributed by atoms with Gasteiger partial charge in [0.1, 0.15) is 11.6 Å². The Morgan fingerprint density at radius 1 is 1.13 bits per heavy atom. The van der Waals surface area contributed by atoms with Crippen molar-refractivity contribution in [3.05, 3.63) is 53.8 Å². The molecule has 0 saturated carbocycles. The Kier molecular flexibility index (Phi) is 5.15. The lowest BCUT2D eigenvalue weighted by molar-refractivity contribution is -0.0505. The van der Waals surface area contributed by atoms with Gasteiger partial charge in [0.2, 0.25) is 0 Å². The Labute approximate surface area is 131 Å². The number of rotatable bonds is 6. The monoisotopic (exact) mass is 345 g/mol. The molecular formula is C15H14F3NO3S. The quantitative estimate of drug-likeness (QED) is 0.871. The Balaban J connectivity index is 2.29. The van der Waals surface area contributed by atoms with Crippen LogP contribution in [0.25, 0.3) is 0 Å². The highest BCUT2D eigenvalue weighted by Crippen LogP contribution is 2.26. The van der Waals surface area contributed by atoms with Crippen LogP contribution >= 0.6 is 0 Å². The van der Waals surface area contributed by atoms with E-state index < -0.39 is 22.3 Å². The van der Waals surface area contributed by atoms with Crippen LogP contribution in [0.15, 0.2) is 47.4 Å². The maximum atomic E-state index is 13.9. The molecule has 23 heavy (non-hydrogen) atoms. The van der Waals surface area contributed by atoms with E-state index in [0.29, 0.717) is 0 Å². The largest absolute Gasteiger partial charge is 0.434 e. The van der Waals surface area contributed by atoms with Crippen molar-refractivity contribution < 1.29 is 26.3 Å². The third-order valence-electron chi connectivity index (χ3n) is 3.03. The molecule has 0 bridgehead atoms. The van der Waals surface area contributed by atoms with Crippen LogP contribution in [0.3, 0.4) is 0 Å². The van der Waals surface area contributed by atoms with Gasteiger partial charge in [-0.3, -0.25) is 0 Å². The topological polar surface area (TPSA) is 55.4 Å². The number of nitrogens with one attached hydrogen (secondary N) is 1. The molecule has 1 N–H and O–H groups in total. The predicted octanol–water partition coefficient (Wildman–Crippen LogP) is 3.44. The second kappa shape index (κ2) is 6.91. The fourth-order valence-corrected chi connectivity index (χ4v) is 2.90.